The second-order valence-electron chi connectivity index (χ2n) is 7.86. The molecule has 1 fully saturated rings. The van der Waals surface area contributed by atoms with Crippen molar-refractivity contribution >= 4 is 34.9 Å². The van der Waals surface area contributed by atoms with Gasteiger partial charge in [-0.05, 0) is 48.4 Å². The van der Waals surface area contributed by atoms with E-state index in [1.165, 1.54) is 12.1 Å². The van der Waals surface area contributed by atoms with Gasteiger partial charge in [-0.15, -0.1) is 23.2 Å². The molecule has 1 aliphatic carbocycles. The van der Waals surface area contributed by atoms with E-state index in [2.05, 4.69) is 10.3 Å². The fraction of sp³-hybridized carbons (Fsp3) is 0.318. The number of carbonyl (C=O) groups is 1. The number of anilines is 1. The highest BCUT2D eigenvalue weighted by atomic mass is 35.5. The largest absolute Gasteiger partial charge is 0.310 e. The standard InChI is InChI=1S/C22H21Cl2FN4O/c1-13(2)21(30)27-19-9-15(7-8-26-19)18-12-29(11-16-10-22(16,23)24)28-20(18)14-3-5-17(25)6-4-14/h3-9,12-13,16H,10-11H2,1-2H3,(H,26,27,30). The summed E-state index contributed by atoms with van der Waals surface area (Å²) in [6, 6.07) is 9.85. The number of rotatable bonds is 6. The summed E-state index contributed by atoms with van der Waals surface area (Å²) < 4.78 is 14.5. The van der Waals surface area contributed by atoms with Crippen molar-refractivity contribution in [1.82, 2.24) is 14.8 Å². The van der Waals surface area contributed by atoms with Crippen molar-refractivity contribution in [3.63, 3.8) is 0 Å². The molecule has 1 aromatic carbocycles. The summed E-state index contributed by atoms with van der Waals surface area (Å²) in [5.74, 6) is 0.0235. The number of hydrogen-bond donors (Lipinski definition) is 1. The zero-order valence-corrected chi connectivity index (χ0v) is 18.1. The van der Waals surface area contributed by atoms with Gasteiger partial charge in [0.25, 0.3) is 0 Å². The SMILES string of the molecule is CC(C)C(=O)Nc1cc(-c2cn(CC3CC3(Cl)Cl)nc2-c2ccc(F)cc2)ccn1. The number of amides is 1. The minimum Gasteiger partial charge on any atom is -0.310 e. The van der Waals surface area contributed by atoms with Gasteiger partial charge >= 0.3 is 0 Å². The summed E-state index contributed by atoms with van der Waals surface area (Å²) in [5, 5.41) is 7.54. The van der Waals surface area contributed by atoms with Gasteiger partial charge in [0, 0.05) is 41.9 Å². The lowest BCUT2D eigenvalue weighted by atomic mass is 10.0. The Morgan fingerprint density at radius 3 is 2.60 bits per heavy atom. The van der Waals surface area contributed by atoms with Crippen LogP contribution in [-0.4, -0.2) is 25.0 Å². The quantitative estimate of drug-likeness (QED) is 0.505. The molecule has 1 saturated carbocycles. The minimum absolute atomic E-state index is 0.108. The first-order chi connectivity index (χ1) is 14.2. The molecule has 0 aliphatic heterocycles. The Kier molecular flexibility index (Phi) is 5.55. The Morgan fingerprint density at radius 1 is 1.27 bits per heavy atom. The maximum Gasteiger partial charge on any atom is 0.228 e. The van der Waals surface area contributed by atoms with E-state index in [4.69, 9.17) is 28.3 Å². The van der Waals surface area contributed by atoms with Crippen LogP contribution < -0.4 is 5.32 Å². The fourth-order valence-corrected chi connectivity index (χ4v) is 3.69. The average Bonchev–Trinajstić information content (AvgIpc) is 3.10. The van der Waals surface area contributed by atoms with E-state index >= 15 is 0 Å². The van der Waals surface area contributed by atoms with Crippen LogP contribution in [-0.2, 0) is 11.3 Å². The highest BCUT2D eigenvalue weighted by molar-refractivity contribution is 6.50. The molecule has 3 aromatic rings. The van der Waals surface area contributed by atoms with E-state index < -0.39 is 4.33 Å². The molecule has 1 unspecified atom stereocenters. The first kappa shape index (κ1) is 20.8. The van der Waals surface area contributed by atoms with Crippen LogP contribution in [0.3, 0.4) is 0 Å². The third-order valence-corrected chi connectivity index (χ3v) is 6.01. The molecular formula is C22H21Cl2FN4O. The van der Waals surface area contributed by atoms with Crippen molar-refractivity contribution in [3.8, 4) is 22.4 Å². The van der Waals surface area contributed by atoms with E-state index in [9.17, 15) is 9.18 Å². The molecule has 1 atom stereocenters. The molecule has 5 nitrogen and oxygen atoms in total. The van der Waals surface area contributed by atoms with Gasteiger partial charge in [0.05, 0.1) is 0 Å². The molecule has 0 saturated heterocycles. The number of aromatic nitrogens is 3. The number of pyridine rings is 1. The summed E-state index contributed by atoms with van der Waals surface area (Å²) >= 11 is 12.4. The average molecular weight is 447 g/mol. The van der Waals surface area contributed by atoms with Crippen LogP contribution in [0, 0.1) is 17.7 Å². The fourth-order valence-electron chi connectivity index (χ4n) is 3.18. The smallest absolute Gasteiger partial charge is 0.228 e. The summed E-state index contributed by atoms with van der Waals surface area (Å²) in [6.45, 7) is 4.23. The van der Waals surface area contributed by atoms with Gasteiger partial charge in [0.1, 0.15) is 21.7 Å². The topological polar surface area (TPSA) is 59.8 Å². The summed E-state index contributed by atoms with van der Waals surface area (Å²) in [4.78, 5) is 16.3. The van der Waals surface area contributed by atoms with Gasteiger partial charge < -0.3 is 5.32 Å². The first-order valence-electron chi connectivity index (χ1n) is 9.71. The molecule has 1 aliphatic rings. The van der Waals surface area contributed by atoms with Crippen LogP contribution in [0.4, 0.5) is 10.2 Å². The number of benzene rings is 1. The molecule has 0 spiro atoms. The molecule has 156 valence electrons. The van der Waals surface area contributed by atoms with Crippen LogP contribution in [0.5, 0.6) is 0 Å². The predicted molar refractivity (Wildman–Crippen MR) is 117 cm³/mol. The maximum absolute atomic E-state index is 13.4. The van der Waals surface area contributed by atoms with Crippen LogP contribution in [0.1, 0.15) is 20.3 Å². The zero-order chi connectivity index (χ0) is 21.5. The Hall–Kier alpha value is -2.44. The van der Waals surface area contributed by atoms with Crippen molar-refractivity contribution < 1.29 is 9.18 Å². The molecule has 0 bridgehead atoms. The van der Waals surface area contributed by atoms with Crippen molar-refractivity contribution in [2.24, 2.45) is 11.8 Å². The van der Waals surface area contributed by atoms with Crippen molar-refractivity contribution in [3.05, 3.63) is 54.6 Å². The Bertz CT molecular complexity index is 1080. The molecule has 2 heterocycles. The van der Waals surface area contributed by atoms with Gasteiger partial charge in [-0.3, -0.25) is 9.48 Å². The van der Waals surface area contributed by atoms with E-state index in [1.807, 2.05) is 30.8 Å². The lowest BCUT2D eigenvalue weighted by molar-refractivity contribution is -0.118. The van der Waals surface area contributed by atoms with E-state index in [-0.39, 0.29) is 23.6 Å². The van der Waals surface area contributed by atoms with Gasteiger partial charge in [-0.25, -0.2) is 9.37 Å². The minimum atomic E-state index is -0.701. The summed E-state index contributed by atoms with van der Waals surface area (Å²) in [7, 11) is 0. The van der Waals surface area contributed by atoms with Crippen molar-refractivity contribution in [2.75, 3.05) is 5.32 Å². The van der Waals surface area contributed by atoms with Gasteiger partial charge in [-0.1, -0.05) is 13.8 Å². The van der Waals surface area contributed by atoms with Gasteiger partial charge in [0.2, 0.25) is 5.91 Å². The van der Waals surface area contributed by atoms with Gasteiger partial charge in [0.15, 0.2) is 0 Å². The van der Waals surface area contributed by atoms with Crippen LogP contribution >= 0.6 is 23.2 Å². The third-order valence-electron chi connectivity index (χ3n) is 5.09. The van der Waals surface area contributed by atoms with E-state index in [1.54, 1.807) is 24.4 Å². The summed E-state index contributed by atoms with van der Waals surface area (Å²) in [6.07, 6.45) is 4.28. The summed E-state index contributed by atoms with van der Waals surface area (Å²) in [5.41, 5.74) is 3.18. The normalized spacial score (nSPS) is 17.2. The monoisotopic (exact) mass is 446 g/mol. The molecule has 1 amide bonds. The predicted octanol–water partition coefficient (Wildman–Crippen LogP) is 5.54. The maximum atomic E-state index is 13.4. The number of alkyl halides is 2. The molecule has 1 N–H and O–H groups in total. The second kappa shape index (κ2) is 8.00. The highest BCUT2D eigenvalue weighted by Crippen LogP contribution is 2.54. The van der Waals surface area contributed by atoms with Crippen LogP contribution in [0.15, 0.2) is 48.8 Å². The van der Waals surface area contributed by atoms with E-state index in [0.717, 1.165) is 23.1 Å². The third kappa shape index (κ3) is 4.50. The zero-order valence-electron chi connectivity index (χ0n) is 16.6. The molecule has 4 rings (SSSR count). The first-order valence-corrected chi connectivity index (χ1v) is 10.5. The van der Waals surface area contributed by atoms with Crippen molar-refractivity contribution in [1.29, 1.82) is 0 Å². The van der Waals surface area contributed by atoms with Crippen LogP contribution in [0.25, 0.3) is 22.4 Å². The van der Waals surface area contributed by atoms with Crippen LogP contribution in [0.2, 0.25) is 0 Å². The molecule has 2 aromatic heterocycles. The van der Waals surface area contributed by atoms with Gasteiger partial charge in [-0.2, -0.15) is 5.10 Å². The number of carbonyl (C=O) groups excluding carboxylic acids is 1. The number of halogens is 3. The second-order valence-corrected chi connectivity index (χ2v) is 9.40. The number of nitrogens with zero attached hydrogens (tertiary/aromatic N) is 3. The molecule has 8 heteroatoms. The Balaban J connectivity index is 1.71. The Labute approximate surface area is 184 Å². The van der Waals surface area contributed by atoms with E-state index in [0.29, 0.717) is 18.1 Å². The lowest BCUT2D eigenvalue weighted by Crippen LogP contribution is -2.18. The molecule has 0 radical (unpaired) electrons. The molecule has 30 heavy (non-hydrogen) atoms. The lowest BCUT2D eigenvalue weighted by Gasteiger charge is -2.08. The Morgan fingerprint density at radius 2 is 1.97 bits per heavy atom. The number of hydrogen-bond acceptors (Lipinski definition) is 3. The van der Waals surface area contributed by atoms with Crippen molar-refractivity contribution in [2.45, 2.75) is 31.1 Å². The number of nitrogens with one attached hydrogen (secondary N) is 1. The highest BCUT2D eigenvalue weighted by Gasteiger charge is 2.51. The molecular weight excluding hydrogens is 426 g/mol.